The Bertz CT molecular complexity index is 469. The Morgan fingerprint density at radius 3 is 2.75 bits per heavy atom. The number of rotatable bonds is 3. The van der Waals surface area contributed by atoms with Crippen molar-refractivity contribution in [3.05, 3.63) is 41.6 Å². The van der Waals surface area contributed by atoms with Crippen LogP contribution in [0.3, 0.4) is 0 Å². The average molecular weight is 269 g/mol. The van der Waals surface area contributed by atoms with Crippen molar-refractivity contribution in [1.29, 1.82) is 0 Å². The van der Waals surface area contributed by atoms with Gasteiger partial charge in [0, 0.05) is 11.4 Å². The Kier molecular flexibility index (Phi) is 4.44. The minimum absolute atomic E-state index is 0.987. The van der Waals surface area contributed by atoms with Gasteiger partial charge in [0.15, 0.2) is 0 Å². The third-order valence-corrected chi connectivity index (χ3v) is 4.97. The Labute approximate surface area is 123 Å². The first-order valence-electron chi connectivity index (χ1n) is 8.38. The quantitative estimate of drug-likeness (QED) is 0.768. The second-order valence-electron chi connectivity index (χ2n) is 6.62. The predicted octanol–water partition coefficient (Wildman–Crippen LogP) is 5.46. The molecular formula is C19H27N. The van der Waals surface area contributed by atoms with Crippen LogP contribution in [0.5, 0.6) is 0 Å². The molecule has 1 saturated carbocycles. The van der Waals surface area contributed by atoms with Crippen LogP contribution in [0.2, 0.25) is 0 Å². The molecule has 3 rings (SSSR count). The third-order valence-electron chi connectivity index (χ3n) is 4.97. The molecular weight excluding hydrogens is 242 g/mol. The SMILES string of the molecule is C=C1CCCc2cc(CCC3CCCCC3)ccc2N1. The fourth-order valence-electron chi connectivity index (χ4n) is 3.72. The van der Waals surface area contributed by atoms with Crippen molar-refractivity contribution in [2.45, 2.75) is 64.2 Å². The molecule has 1 aromatic carbocycles. The van der Waals surface area contributed by atoms with Gasteiger partial charge in [0.05, 0.1) is 0 Å². The normalized spacial score (nSPS) is 20.1. The first kappa shape index (κ1) is 13.7. The zero-order chi connectivity index (χ0) is 13.8. The first-order chi connectivity index (χ1) is 9.81. The summed E-state index contributed by atoms with van der Waals surface area (Å²) < 4.78 is 0. The monoisotopic (exact) mass is 269 g/mol. The molecule has 1 fully saturated rings. The first-order valence-corrected chi connectivity index (χ1v) is 8.38. The maximum atomic E-state index is 4.08. The van der Waals surface area contributed by atoms with Gasteiger partial charge in [0.2, 0.25) is 0 Å². The minimum atomic E-state index is 0.987. The summed E-state index contributed by atoms with van der Waals surface area (Å²) in [5.41, 5.74) is 5.47. The third kappa shape index (κ3) is 3.45. The van der Waals surface area contributed by atoms with E-state index in [4.69, 9.17) is 0 Å². The lowest BCUT2D eigenvalue weighted by molar-refractivity contribution is 0.339. The van der Waals surface area contributed by atoms with Crippen LogP contribution in [0.25, 0.3) is 0 Å². The second kappa shape index (κ2) is 6.47. The van der Waals surface area contributed by atoms with Crippen LogP contribution in [-0.2, 0) is 12.8 Å². The number of allylic oxidation sites excluding steroid dienone is 1. The van der Waals surface area contributed by atoms with Gasteiger partial charge in [-0.05, 0) is 55.2 Å². The second-order valence-corrected chi connectivity index (χ2v) is 6.62. The fourth-order valence-corrected chi connectivity index (χ4v) is 3.72. The average Bonchev–Trinajstić information content (AvgIpc) is 2.66. The number of benzene rings is 1. The number of hydrogen-bond acceptors (Lipinski definition) is 1. The summed E-state index contributed by atoms with van der Waals surface area (Å²) in [5.74, 6) is 0.987. The molecule has 1 aliphatic heterocycles. The van der Waals surface area contributed by atoms with Crippen LogP contribution in [0, 0.1) is 5.92 Å². The van der Waals surface area contributed by atoms with Gasteiger partial charge < -0.3 is 5.32 Å². The van der Waals surface area contributed by atoms with Gasteiger partial charge in [-0.2, -0.15) is 0 Å². The van der Waals surface area contributed by atoms with Crippen molar-refractivity contribution in [3.8, 4) is 0 Å². The lowest BCUT2D eigenvalue weighted by Gasteiger charge is -2.21. The summed E-state index contributed by atoms with van der Waals surface area (Å²) in [6, 6.07) is 7.01. The molecule has 0 saturated heterocycles. The van der Waals surface area contributed by atoms with Crippen LogP contribution in [-0.4, -0.2) is 0 Å². The maximum Gasteiger partial charge on any atom is 0.0414 e. The molecule has 0 aromatic heterocycles. The van der Waals surface area contributed by atoms with Crippen molar-refractivity contribution < 1.29 is 0 Å². The highest BCUT2D eigenvalue weighted by Gasteiger charge is 2.14. The van der Waals surface area contributed by atoms with E-state index < -0.39 is 0 Å². The molecule has 1 nitrogen and oxygen atoms in total. The Balaban J connectivity index is 1.62. The van der Waals surface area contributed by atoms with E-state index in [1.807, 2.05) is 0 Å². The highest BCUT2D eigenvalue weighted by Crippen LogP contribution is 2.29. The van der Waals surface area contributed by atoms with E-state index >= 15 is 0 Å². The van der Waals surface area contributed by atoms with E-state index in [1.165, 1.54) is 80.3 Å². The Morgan fingerprint density at radius 2 is 1.90 bits per heavy atom. The van der Waals surface area contributed by atoms with Crippen molar-refractivity contribution in [2.24, 2.45) is 5.92 Å². The van der Waals surface area contributed by atoms with E-state index in [9.17, 15) is 0 Å². The summed E-state index contributed by atoms with van der Waals surface area (Å²) >= 11 is 0. The zero-order valence-corrected chi connectivity index (χ0v) is 12.6. The summed E-state index contributed by atoms with van der Waals surface area (Å²) in [6.45, 7) is 4.08. The molecule has 0 amide bonds. The molecule has 0 bridgehead atoms. The molecule has 0 radical (unpaired) electrons. The molecule has 20 heavy (non-hydrogen) atoms. The summed E-state index contributed by atoms with van der Waals surface area (Å²) in [5, 5.41) is 3.46. The number of fused-ring (bicyclic) bond motifs is 1. The van der Waals surface area contributed by atoms with E-state index in [1.54, 1.807) is 0 Å². The van der Waals surface area contributed by atoms with Crippen LogP contribution >= 0.6 is 0 Å². The highest BCUT2D eigenvalue weighted by atomic mass is 14.9. The van der Waals surface area contributed by atoms with Gasteiger partial charge in [-0.3, -0.25) is 0 Å². The number of nitrogens with one attached hydrogen (secondary N) is 1. The Hall–Kier alpha value is -1.24. The van der Waals surface area contributed by atoms with Gasteiger partial charge in [-0.15, -0.1) is 0 Å². The molecule has 0 unspecified atom stereocenters. The van der Waals surface area contributed by atoms with Crippen LogP contribution in [0.15, 0.2) is 30.5 Å². The molecule has 1 heteroatoms. The molecule has 1 heterocycles. The molecule has 1 aromatic rings. The van der Waals surface area contributed by atoms with Crippen molar-refractivity contribution in [1.82, 2.24) is 0 Å². The molecule has 0 atom stereocenters. The van der Waals surface area contributed by atoms with Gasteiger partial charge in [-0.1, -0.05) is 50.8 Å². The molecule has 108 valence electrons. The molecule has 2 aliphatic rings. The van der Waals surface area contributed by atoms with Gasteiger partial charge in [-0.25, -0.2) is 0 Å². The lowest BCUT2D eigenvalue weighted by Crippen LogP contribution is -2.07. The molecule has 0 spiro atoms. The van der Waals surface area contributed by atoms with Crippen molar-refractivity contribution >= 4 is 5.69 Å². The zero-order valence-electron chi connectivity index (χ0n) is 12.6. The van der Waals surface area contributed by atoms with Crippen molar-refractivity contribution in [3.63, 3.8) is 0 Å². The van der Waals surface area contributed by atoms with E-state index in [0.29, 0.717) is 0 Å². The van der Waals surface area contributed by atoms with Gasteiger partial charge in [0.1, 0.15) is 0 Å². The number of hydrogen-bond donors (Lipinski definition) is 1. The predicted molar refractivity (Wildman–Crippen MR) is 87.0 cm³/mol. The highest BCUT2D eigenvalue weighted by molar-refractivity contribution is 5.57. The topological polar surface area (TPSA) is 12.0 Å². The number of anilines is 1. The standard InChI is InChI=1S/C19H27N/c1-15-6-5-9-18-14-17(12-13-19(18)20-15)11-10-16-7-3-2-4-8-16/h12-14,16,20H,1-11H2. The van der Waals surface area contributed by atoms with Crippen LogP contribution in [0.4, 0.5) is 5.69 Å². The van der Waals surface area contributed by atoms with Crippen LogP contribution in [0.1, 0.15) is 62.5 Å². The van der Waals surface area contributed by atoms with E-state index in [2.05, 4.69) is 30.1 Å². The van der Waals surface area contributed by atoms with E-state index in [-0.39, 0.29) is 0 Å². The summed E-state index contributed by atoms with van der Waals surface area (Å²) in [4.78, 5) is 0. The maximum absolute atomic E-state index is 4.08. The fraction of sp³-hybridized carbons (Fsp3) is 0.579. The van der Waals surface area contributed by atoms with E-state index in [0.717, 1.165) is 12.3 Å². The minimum Gasteiger partial charge on any atom is -0.359 e. The summed E-state index contributed by atoms with van der Waals surface area (Å²) in [6.07, 6.45) is 13.5. The molecule has 1 N–H and O–H groups in total. The largest absolute Gasteiger partial charge is 0.359 e. The van der Waals surface area contributed by atoms with Crippen LogP contribution < -0.4 is 5.32 Å². The number of aryl methyl sites for hydroxylation is 2. The Morgan fingerprint density at radius 1 is 1.05 bits per heavy atom. The van der Waals surface area contributed by atoms with Gasteiger partial charge >= 0.3 is 0 Å². The molecule has 1 aliphatic carbocycles. The smallest absolute Gasteiger partial charge is 0.0414 e. The van der Waals surface area contributed by atoms with Gasteiger partial charge in [0.25, 0.3) is 0 Å². The van der Waals surface area contributed by atoms with Crippen molar-refractivity contribution in [2.75, 3.05) is 5.32 Å². The summed E-state index contributed by atoms with van der Waals surface area (Å²) in [7, 11) is 0. The lowest BCUT2D eigenvalue weighted by atomic mass is 9.85.